The van der Waals surface area contributed by atoms with Crippen LogP contribution in [0.1, 0.15) is 65.2 Å². The molecule has 3 nitrogen and oxygen atoms in total. The standard InChI is InChI=1S/C18H31NO2/c1-3-5-7-9-14-20-16-12-11-13-17(18(16)19)21-15-10-8-6-4-2/h11-13H,3-10,14-15,19H2,1-2H3. The van der Waals surface area contributed by atoms with Gasteiger partial charge in [0.15, 0.2) is 0 Å². The van der Waals surface area contributed by atoms with Crippen LogP contribution in [0.15, 0.2) is 18.2 Å². The van der Waals surface area contributed by atoms with Crippen molar-refractivity contribution in [1.29, 1.82) is 0 Å². The van der Waals surface area contributed by atoms with Crippen LogP contribution in [0.25, 0.3) is 0 Å². The molecule has 0 amide bonds. The molecule has 0 atom stereocenters. The molecule has 120 valence electrons. The molecule has 0 saturated heterocycles. The van der Waals surface area contributed by atoms with Crippen LogP contribution >= 0.6 is 0 Å². The van der Waals surface area contributed by atoms with Crippen LogP contribution < -0.4 is 15.2 Å². The molecule has 0 aromatic heterocycles. The first-order chi connectivity index (χ1) is 10.3. The summed E-state index contributed by atoms with van der Waals surface area (Å²) in [7, 11) is 0. The van der Waals surface area contributed by atoms with E-state index in [1.165, 1.54) is 38.5 Å². The molecule has 0 aliphatic heterocycles. The minimum absolute atomic E-state index is 0.628. The van der Waals surface area contributed by atoms with Gasteiger partial charge < -0.3 is 15.2 Å². The molecule has 3 heteroatoms. The lowest BCUT2D eigenvalue weighted by atomic mass is 10.2. The van der Waals surface area contributed by atoms with Crippen molar-refractivity contribution < 1.29 is 9.47 Å². The molecular formula is C18H31NO2. The van der Waals surface area contributed by atoms with E-state index >= 15 is 0 Å². The van der Waals surface area contributed by atoms with Crippen LogP contribution in [0.2, 0.25) is 0 Å². The number of hydrogen-bond donors (Lipinski definition) is 1. The molecule has 0 bridgehead atoms. The van der Waals surface area contributed by atoms with Crippen molar-refractivity contribution in [1.82, 2.24) is 0 Å². The van der Waals surface area contributed by atoms with Crippen LogP contribution in [0.5, 0.6) is 11.5 Å². The molecule has 0 unspecified atom stereocenters. The molecule has 0 aliphatic rings. The van der Waals surface area contributed by atoms with Crippen molar-refractivity contribution in [2.24, 2.45) is 0 Å². The number of benzene rings is 1. The Kier molecular flexibility index (Phi) is 9.51. The highest BCUT2D eigenvalue weighted by Crippen LogP contribution is 2.31. The van der Waals surface area contributed by atoms with Crippen molar-refractivity contribution in [3.63, 3.8) is 0 Å². The maximum atomic E-state index is 6.12. The number of anilines is 1. The lowest BCUT2D eigenvalue weighted by molar-refractivity contribution is 0.293. The molecule has 0 radical (unpaired) electrons. The van der Waals surface area contributed by atoms with Gasteiger partial charge in [-0.2, -0.15) is 0 Å². The fraction of sp³-hybridized carbons (Fsp3) is 0.667. The first-order valence-corrected chi connectivity index (χ1v) is 8.43. The maximum Gasteiger partial charge on any atom is 0.146 e. The molecule has 0 fully saturated rings. The molecule has 1 rings (SSSR count). The Labute approximate surface area is 129 Å². The van der Waals surface area contributed by atoms with Crippen LogP contribution in [0.4, 0.5) is 5.69 Å². The van der Waals surface area contributed by atoms with Gasteiger partial charge in [0.1, 0.15) is 17.2 Å². The minimum atomic E-state index is 0.628. The Morgan fingerprint density at radius 3 is 1.67 bits per heavy atom. The minimum Gasteiger partial charge on any atom is -0.491 e. The quantitative estimate of drug-likeness (QED) is 0.426. The third-order valence-corrected chi connectivity index (χ3v) is 3.54. The second-order valence-electron chi connectivity index (χ2n) is 5.49. The number of hydrogen-bond acceptors (Lipinski definition) is 3. The highest BCUT2D eigenvalue weighted by Gasteiger charge is 2.07. The number of nitrogen functional groups attached to an aromatic ring is 1. The zero-order chi connectivity index (χ0) is 15.3. The molecule has 0 saturated carbocycles. The molecule has 21 heavy (non-hydrogen) atoms. The predicted molar refractivity (Wildman–Crippen MR) is 90.1 cm³/mol. The predicted octanol–water partition coefficient (Wildman–Crippen LogP) is 5.19. The lowest BCUT2D eigenvalue weighted by Gasteiger charge is -2.13. The second-order valence-corrected chi connectivity index (χ2v) is 5.49. The fourth-order valence-corrected chi connectivity index (χ4v) is 2.20. The number of unbranched alkanes of at least 4 members (excludes halogenated alkanes) is 6. The van der Waals surface area contributed by atoms with Gasteiger partial charge in [0.2, 0.25) is 0 Å². The van der Waals surface area contributed by atoms with Gasteiger partial charge in [-0.25, -0.2) is 0 Å². The zero-order valence-electron chi connectivity index (χ0n) is 13.7. The molecule has 2 N–H and O–H groups in total. The highest BCUT2D eigenvalue weighted by atomic mass is 16.5. The Morgan fingerprint density at radius 1 is 0.762 bits per heavy atom. The summed E-state index contributed by atoms with van der Waals surface area (Å²) in [6.45, 7) is 5.87. The highest BCUT2D eigenvalue weighted by molar-refractivity contribution is 5.62. The average molecular weight is 293 g/mol. The maximum absolute atomic E-state index is 6.12. The van der Waals surface area contributed by atoms with E-state index in [4.69, 9.17) is 15.2 Å². The van der Waals surface area contributed by atoms with Gasteiger partial charge in [0.25, 0.3) is 0 Å². The molecular weight excluding hydrogens is 262 g/mol. The third kappa shape index (κ3) is 7.26. The summed E-state index contributed by atoms with van der Waals surface area (Å²) in [4.78, 5) is 0. The molecule has 0 aliphatic carbocycles. The van der Waals surface area contributed by atoms with Gasteiger partial charge in [-0.3, -0.25) is 0 Å². The Bertz CT molecular complexity index is 347. The van der Waals surface area contributed by atoms with Crippen molar-refractivity contribution in [3.8, 4) is 11.5 Å². The van der Waals surface area contributed by atoms with E-state index in [2.05, 4.69) is 13.8 Å². The lowest BCUT2D eigenvalue weighted by Crippen LogP contribution is -2.04. The Balaban J connectivity index is 2.35. The van der Waals surface area contributed by atoms with Gasteiger partial charge in [0, 0.05) is 0 Å². The summed E-state index contributed by atoms with van der Waals surface area (Å²) in [5.41, 5.74) is 6.74. The first kappa shape index (κ1) is 17.7. The van der Waals surface area contributed by atoms with E-state index < -0.39 is 0 Å². The summed E-state index contributed by atoms with van der Waals surface area (Å²) in [5.74, 6) is 1.50. The van der Waals surface area contributed by atoms with E-state index in [0.29, 0.717) is 5.69 Å². The van der Waals surface area contributed by atoms with Crippen LogP contribution in [-0.4, -0.2) is 13.2 Å². The molecule has 0 heterocycles. The van der Waals surface area contributed by atoms with E-state index in [1.807, 2.05) is 18.2 Å². The monoisotopic (exact) mass is 293 g/mol. The summed E-state index contributed by atoms with van der Waals surface area (Å²) in [5, 5.41) is 0. The van der Waals surface area contributed by atoms with Gasteiger partial charge in [-0.05, 0) is 25.0 Å². The van der Waals surface area contributed by atoms with E-state index in [0.717, 1.165) is 37.6 Å². The summed E-state index contributed by atoms with van der Waals surface area (Å²) >= 11 is 0. The van der Waals surface area contributed by atoms with Crippen LogP contribution in [0, 0.1) is 0 Å². The summed E-state index contributed by atoms with van der Waals surface area (Å²) < 4.78 is 11.5. The topological polar surface area (TPSA) is 44.5 Å². The number of nitrogens with two attached hydrogens (primary N) is 1. The normalized spacial score (nSPS) is 10.6. The van der Waals surface area contributed by atoms with Gasteiger partial charge in [-0.1, -0.05) is 58.4 Å². The Morgan fingerprint density at radius 2 is 1.24 bits per heavy atom. The van der Waals surface area contributed by atoms with E-state index in [1.54, 1.807) is 0 Å². The number of rotatable bonds is 12. The van der Waals surface area contributed by atoms with Gasteiger partial charge in [-0.15, -0.1) is 0 Å². The second kappa shape index (κ2) is 11.3. The molecule has 1 aromatic carbocycles. The zero-order valence-corrected chi connectivity index (χ0v) is 13.7. The summed E-state index contributed by atoms with van der Waals surface area (Å²) in [6, 6.07) is 5.78. The summed E-state index contributed by atoms with van der Waals surface area (Å²) in [6.07, 6.45) is 9.59. The Hall–Kier alpha value is -1.38. The van der Waals surface area contributed by atoms with Gasteiger partial charge >= 0.3 is 0 Å². The van der Waals surface area contributed by atoms with Crippen molar-refractivity contribution in [3.05, 3.63) is 18.2 Å². The van der Waals surface area contributed by atoms with E-state index in [9.17, 15) is 0 Å². The largest absolute Gasteiger partial charge is 0.491 e. The van der Waals surface area contributed by atoms with Crippen molar-refractivity contribution in [2.75, 3.05) is 18.9 Å². The SMILES string of the molecule is CCCCCCOc1cccc(OCCCCCC)c1N. The van der Waals surface area contributed by atoms with Crippen molar-refractivity contribution >= 4 is 5.69 Å². The number of para-hydroxylation sites is 1. The van der Waals surface area contributed by atoms with Crippen LogP contribution in [0.3, 0.4) is 0 Å². The number of ether oxygens (including phenoxy) is 2. The van der Waals surface area contributed by atoms with Gasteiger partial charge in [0.05, 0.1) is 13.2 Å². The van der Waals surface area contributed by atoms with E-state index in [-0.39, 0.29) is 0 Å². The fourth-order valence-electron chi connectivity index (χ4n) is 2.20. The smallest absolute Gasteiger partial charge is 0.146 e. The first-order valence-electron chi connectivity index (χ1n) is 8.43. The third-order valence-electron chi connectivity index (χ3n) is 3.54. The molecule has 0 spiro atoms. The average Bonchev–Trinajstić information content (AvgIpc) is 2.50. The molecule has 1 aromatic rings. The van der Waals surface area contributed by atoms with Crippen molar-refractivity contribution in [2.45, 2.75) is 65.2 Å². The van der Waals surface area contributed by atoms with Crippen LogP contribution in [-0.2, 0) is 0 Å².